The summed E-state index contributed by atoms with van der Waals surface area (Å²) in [5, 5.41) is 0. The minimum atomic E-state index is -2.56. The lowest BCUT2D eigenvalue weighted by molar-refractivity contribution is -0.144. The molecule has 0 fully saturated rings. The van der Waals surface area contributed by atoms with Gasteiger partial charge in [-0.3, -0.25) is 9.69 Å². The van der Waals surface area contributed by atoms with Gasteiger partial charge in [0.05, 0.1) is 13.2 Å². The zero-order valence-corrected chi connectivity index (χ0v) is 15.1. The van der Waals surface area contributed by atoms with E-state index in [1.807, 2.05) is 39.6 Å². The first-order valence-corrected chi connectivity index (χ1v) is 9.72. The molecule has 0 aliphatic rings. The van der Waals surface area contributed by atoms with Gasteiger partial charge in [0, 0.05) is 25.9 Å². The highest BCUT2D eigenvalue weighted by molar-refractivity contribution is 6.60. The van der Waals surface area contributed by atoms with Crippen molar-refractivity contribution < 1.29 is 22.8 Å². The molecule has 0 aliphatic carbocycles. The Morgan fingerprint density at radius 1 is 0.952 bits per heavy atom. The summed E-state index contributed by atoms with van der Waals surface area (Å²) in [4.78, 5) is 13.3. The summed E-state index contributed by atoms with van der Waals surface area (Å²) in [5.41, 5.74) is 0. The summed E-state index contributed by atoms with van der Waals surface area (Å²) in [6.07, 6.45) is 0.863. The largest absolute Gasteiger partial charge is 0.500 e. The molecule has 0 rings (SSSR count). The Bertz CT molecular complexity index is 261. The highest BCUT2D eigenvalue weighted by Gasteiger charge is 2.39. The fourth-order valence-corrected chi connectivity index (χ4v) is 4.67. The molecule has 0 aliphatic heterocycles. The quantitative estimate of drug-likeness (QED) is 0.381. The van der Waals surface area contributed by atoms with E-state index in [1.54, 1.807) is 0 Å². The van der Waals surface area contributed by atoms with E-state index in [9.17, 15) is 4.79 Å². The van der Waals surface area contributed by atoms with Crippen LogP contribution in [0.25, 0.3) is 0 Å². The Morgan fingerprint density at radius 2 is 1.48 bits per heavy atom. The minimum Gasteiger partial charge on any atom is -0.465 e. The molecular weight excluding hydrogens is 290 g/mol. The van der Waals surface area contributed by atoms with Crippen molar-refractivity contribution in [3.05, 3.63) is 0 Å². The van der Waals surface area contributed by atoms with Crippen molar-refractivity contribution in [2.24, 2.45) is 0 Å². The Balaban J connectivity index is 4.24. The van der Waals surface area contributed by atoms with Crippen molar-refractivity contribution >= 4 is 14.8 Å². The van der Waals surface area contributed by atoms with Gasteiger partial charge in [-0.2, -0.15) is 0 Å². The monoisotopic (exact) mass is 321 g/mol. The van der Waals surface area contributed by atoms with Gasteiger partial charge < -0.3 is 18.0 Å². The molecular formula is C14H31NO5Si. The van der Waals surface area contributed by atoms with E-state index in [-0.39, 0.29) is 5.97 Å². The minimum absolute atomic E-state index is 0.192. The summed E-state index contributed by atoms with van der Waals surface area (Å²) in [7, 11) is -0.655. The van der Waals surface area contributed by atoms with Crippen molar-refractivity contribution in [2.75, 3.05) is 46.6 Å². The maximum atomic E-state index is 11.4. The number of carbonyl (C=O) groups excluding carboxylic acids is 1. The highest BCUT2D eigenvalue weighted by atomic mass is 28.4. The van der Waals surface area contributed by atoms with Crippen LogP contribution >= 0.6 is 0 Å². The molecule has 126 valence electrons. The second-order valence-corrected chi connectivity index (χ2v) is 7.36. The first-order valence-electron chi connectivity index (χ1n) is 7.79. The van der Waals surface area contributed by atoms with Crippen LogP contribution in [0.3, 0.4) is 0 Å². The lowest BCUT2D eigenvalue weighted by atomic mass is 10.4. The predicted molar refractivity (Wildman–Crippen MR) is 84.2 cm³/mol. The van der Waals surface area contributed by atoms with E-state index >= 15 is 0 Å². The van der Waals surface area contributed by atoms with Gasteiger partial charge in [-0.1, -0.05) is 0 Å². The van der Waals surface area contributed by atoms with Crippen LogP contribution < -0.4 is 0 Å². The fraction of sp³-hybridized carbons (Fsp3) is 0.929. The lowest BCUT2D eigenvalue weighted by Crippen LogP contribution is -2.46. The number of hydrogen-bond donors (Lipinski definition) is 0. The van der Waals surface area contributed by atoms with Crippen molar-refractivity contribution in [3.63, 3.8) is 0 Å². The number of esters is 1. The van der Waals surface area contributed by atoms with Crippen LogP contribution in [0.4, 0.5) is 0 Å². The molecule has 0 amide bonds. The number of likely N-dealkylation sites (N-methyl/N-ethyl adjacent to an activating group) is 1. The molecule has 0 aromatic rings. The summed E-state index contributed by atoms with van der Waals surface area (Å²) in [6, 6.07) is 0.760. The van der Waals surface area contributed by atoms with Crippen LogP contribution in [0.5, 0.6) is 0 Å². The van der Waals surface area contributed by atoms with E-state index < -0.39 is 8.80 Å². The molecule has 7 heteroatoms. The summed E-state index contributed by atoms with van der Waals surface area (Å²) >= 11 is 0. The van der Waals surface area contributed by atoms with E-state index in [0.29, 0.717) is 33.0 Å². The van der Waals surface area contributed by atoms with Gasteiger partial charge in [0.2, 0.25) is 0 Å². The van der Waals surface area contributed by atoms with Crippen molar-refractivity contribution in [1.29, 1.82) is 0 Å². The zero-order chi connectivity index (χ0) is 16.1. The molecule has 0 spiro atoms. The number of ether oxygens (including phenoxy) is 1. The molecule has 0 bridgehead atoms. The zero-order valence-electron chi connectivity index (χ0n) is 14.1. The summed E-state index contributed by atoms with van der Waals surface area (Å²) in [5.74, 6) is -0.192. The number of hydrogen-bond acceptors (Lipinski definition) is 6. The molecule has 0 saturated heterocycles. The van der Waals surface area contributed by atoms with Crippen molar-refractivity contribution in [3.8, 4) is 0 Å². The molecule has 0 unspecified atom stereocenters. The van der Waals surface area contributed by atoms with Crippen LogP contribution in [-0.2, 0) is 22.8 Å². The maximum absolute atomic E-state index is 11.4. The predicted octanol–water partition coefficient (Wildman–Crippen LogP) is 1.92. The fourth-order valence-electron chi connectivity index (χ4n) is 2.07. The number of nitrogens with zero attached hydrogens (tertiary/aromatic N) is 1. The molecule has 0 aromatic carbocycles. The number of carbonyl (C=O) groups is 1. The van der Waals surface area contributed by atoms with Gasteiger partial charge in [0.1, 0.15) is 0 Å². The van der Waals surface area contributed by atoms with Gasteiger partial charge in [0.25, 0.3) is 0 Å². The highest BCUT2D eigenvalue weighted by Crippen LogP contribution is 2.18. The SMILES string of the molecule is CCOC(=O)CN(C)CCC[Si](OCC)(OCC)OCC. The molecule has 0 saturated carbocycles. The lowest BCUT2D eigenvalue weighted by Gasteiger charge is -2.29. The summed E-state index contributed by atoms with van der Waals surface area (Å²) < 4.78 is 22.3. The molecule has 21 heavy (non-hydrogen) atoms. The van der Waals surface area contributed by atoms with Crippen LogP contribution in [0, 0.1) is 0 Å². The van der Waals surface area contributed by atoms with Gasteiger partial charge in [-0.25, -0.2) is 0 Å². The molecule has 0 N–H and O–H groups in total. The van der Waals surface area contributed by atoms with Crippen LogP contribution in [-0.4, -0.2) is 66.2 Å². The van der Waals surface area contributed by atoms with E-state index in [2.05, 4.69) is 0 Å². The molecule has 6 nitrogen and oxygen atoms in total. The van der Waals surface area contributed by atoms with E-state index in [4.69, 9.17) is 18.0 Å². The smallest absolute Gasteiger partial charge is 0.465 e. The first kappa shape index (κ1) is 20.5. The average Bonchev–Trinajstić information content (AvgIpc) is 2.39. The van der Waals surface area contributed by atoms with Crippen LogP contribution in [0.15, 0.2) is 0 Å². The molecule has 0 radical (unpaired) electrons. The third kappa shape index (κ3) is 9.21. The topological polar surface area (TPSA) is 57.2 Å². The van der Waals surface area contributed by atoms with Crippen LogP contribution in [0.1, 0.15) is 34.1 Å². The van der Waals surface area contributed by atoms with Gasteiger partial charge in [-0.05, 0) is 47.7 Å². The first-order chi connectivity index (χ1) is 10.0. The standard InChI is InChI=1S/C14H31NO5Si/c1-6-17-14(16)13-15(5)11-10-12-21(18-7-2,19-8-3)20-9-4/h6-13H2,1-5H3. The Labute approximate surface area is 130 Å². The third-order valence-corrected chi connectivity index (χ3v) is 5.97. The second kappa shape index (κ2) is 12.1. The molecule has 0 atom stereocenters. The average molecular weight is 321 g/mol. The Morgan fingerprint density at radius 3 is 1.90 bits per heavy atom. The van der Waals surface area contributed by atoms with E-state index in [0.717, 1.165) is 19.0 Å². The summed E-state index contributed by atoms with van der Waals surface area (Å²) in [6.45, 7) is 10.9. The van der Waals surface area contributed by atoms with E-state index in [1.165, 1.54) is 0 Å². The van der Waals surface area contributed by atoms with Gasteiger partial charge in [0.15, 0.2) is 0 Å². The van der Waals surface area contributed by atoms with Crippen LogP contribution in [0.2, 0.25) is 6.04 Å². The van der Waals surface area contributed by atoms with Gasteiger partial charge >= 0.3 is 14.8 Å². The second-order valence-electron chi connectivity index (χ2n) is 4.63. The Hall–Kier alpha value is -0.473. The normalized spacial score (nSPS) is 11.9. The molecule has 0 aromatic heterocycles. The van der Waals surface area contributed by atoms with Crippen molar-refractivity contribution in [1.82, 2.24) is 4.90 Å². The Kier molecular flexibility index (Phi) is 11.8. The molecule has 0 heterocycles. The van der Waals surface area contributed by atoms with Crippen molar-refractivity contribution in [2.45, 2.75) is 40.2 Å². The third-order valence-electron chi connectivity index (χ3n) is 2.82. The maximum Gasteiger partial charge on any atom is 0.500 e. The van der Waals surface area contributed by atoms with Gasteiger partial charge in [-0.15, -0.1) is 0 Å². The number of rotatable bonds is 13.